The number of aldehydes is 1. The summed E-state index contributed by atoms with van der Waals surface area (Å²) in [4.78, 5) is 23.6. The summed E-state index contributed by atoms with van der Waals surface area (Å²) >= 11 is 0. The molecule has 0 fully saturated rings. The number of nitrogens with two attached hydrogens (primary N) is 2. The van der Waals surface area contributed by atoms with Crippen molar-refractivity contribution in [2.45, 2.75) is 84.9 Å². The first-order chi connectivity index (χ1) is 21.4. The van der Waals surface area contributed by atoms with E-state index in [0.29, 0.717) is 13.2 Å². The van der Waals surface area contributed by atoms with Crippen LogP contribution in [0.1, 0.15) is 82.9 Å². The van der Waals surface area contributed by atoms with Crippen molar-refractivity contribution in [3.8, 4) is 0 Å². The van der Waals surface area contributed by atoms with Crippen LogP contribution in [0.2, 0.25) is 0 Å². The molecule has 1 amide bonds. The molecule has 1 aliphatic rings. The van der Waals surface area contributed by atoms with E-state index >= 15 is 0 Å². The summed E-state index contributed by atoms with van der Waals surface area (Å²) in [6, 6.07) is 16.7. The van der Waals surface area contributed by atoms with Gasteiger partial charge in [-0.2, -0.15) is 0 Å². The summed E-state index contributed by atoms with van der Waals surface area (Å²) in [5.41, 5.74) is 12.7. The van der Waals surface area contributed by atoms with Crippen molar-refractivity contribution < 1.29 is 27.7 Å². The van der Waals surface area contributed by atoms with Crippen LogP contribution in [0, 0.1) is 0 Å². The number of anilines is 1. The van der Waals surface area contributed by atoms with Gasteiger partial charge in [0.2, 0.25) is 5.91 Å². The van der Waals surface area contributed by atoms with Crippen LogP contribution in [0.3, 0.4) is 0 Å². The zero-order chi connectivity index (χ0) is 33.4. The van der Waals surface area contributed by atoms with Gasteiger partial charge >= 0.3 is 7.82 Å². The van der Waals surface area contributed by atoms with Gasteiger partial charge in [0.25, 0.3) is 0 Å². The molecule has 1 unspecified atom stereocenters. The van der Waals surface area contributed by atoms with Gasteiger partial charge in [0, 0.05) is 62.9 Å². The highest BCUT2D eigenvalue weighted by Crippen LogP contribution is 2.49. The monoisotopic (exact) mass is 645 g/mol. The fraction of sp³-hybridized carbons (Fsp3) is 0.515. The van der Waals surface area contributed by atoms with Gasteiger partial charge in [-0.15, -0.1) is 0 Å². The van der Waals surface area contributed by atoms with Crippen LogP contribution < -0.4 is 21.8 Å². The van der Waals surface area contributed by atoms with Gasteiger partial charge in [0.05, 0.1) is 24.1 Å². The molecule has 5 N–H and O–H groups in total. The van der Waals surface area contributed by atoms with Gasteiger partial charge in [-0.25, -0.2) is 10.4 Å². The fourth-order valence-corrected chi connectivity index (χ4v) is 5.84. The fourth-order valence-electron chi connectivity index (χ4n) is 4.72. The van der Waals surface area contributed by atoms with E-state index in [9.17, 15) is 14.2 Å². The molecule has 1 atom stereocenters. The zero-order valence-electron chi connectivity index (χ0n) is 27.7. The van der Waals surface area contributed by atoms with Crippen molar-refractivity contribution >= 4 is 37.1 Å². The summed E-state index contributed by atoms with van der Waals surface area (Å²) in [5, 5.41) is 4.52. The molecule has 0 radical (unpaired) electrons. The number of phosphoric acid groups is 1. The second-order valence-electron chi connectivity index (χ2n) is 11.4. The number of para-hydroxylation sites is 1. The van der Waals surface area contributed by atoms with Crippen LogP contribution in [-0.4, -0.2) is 56.7 Å². The number of amides is 1. The molecule has 250 valence electrons. The van der Waals surface area contributed by atoms with Gasteiger partial charge in [0.1, 0.15) is 6.29 Å². The molecule has 0 aromatic heterocycles. The van der Waals surface area contributed by atoms with Crippen molar-refractivity contribution in [2.75, 3.05) is 32.2 Å². The number of nitrogens with one attached hydrogen (secondary N) is 1. The molecule has 2 aromatic carbocycles. The molecule has 2 aromatic rings. The normalized spacial score (nSPS) is 15.6. The highest BCUT2D eigenvalue weighted by atomic mass is 31.2. The minimum Gasteiger partial charge on any atom is -0.396 e. The standard InChI is InChI=1S/C19H24N4.C14H28NO6P/c1-13(2)23(21)19-15-9-5-4-8-14(15)12-22(3)17-11-7-6-10-16(17)18(19)20;1-13(2)21-22(18,19-3)20-12-7-5-4-6-10-15-14(17)9-8-11-16/h4-11,13H,12,20-21H2,1-3H3;11,13H,4-10,12H2,1-3H3,(H,15,17)/b19-18-;. The largest absolute Gasteiger partial charge is 0.474 e. The van der Waals surface area contributed by atoms with E-state index in [0.717, 1.165) is 66.7 Å². The zero-order valence-corrected chi connectivity index (χ0v) is 28.6. The second-order valence-corrected chi connectivity index (χ2v) is 13.1. The third-order valence-electron chi connectivity index (χ3n) is 7.05. The molecule has 0 saturated heterocycles. The lowest BCUT2D eigenvalue weighted by atomic mass is 9.95. The SMILES string of the molecule is CC(C)N(N)/C1=C(\N)c2ccccc2N(C)Cc2ccccc21.COP(=O)(OCCCCCCNC(=O)CCC=O)OC(C)C. The summed E-state index contributed by atoms with van der Waals surface area (Å²) in [6.45, 7) is 9.39. The first-order valence-corrected chi connectivity index (χ1v) is 17.0. The molecule has 3 rings (SSSR count). The molecule has 12 heteroatoms. The van der Waals surface area contributed by atoms with Crippen molar-refractivity contribution in [3.63, 3.8) is 0 Å². The van der Waals surface area contributed by atoms with Gasteiger partial charge in [-0.1, -0.05) is 55.3 Å². The average Bonchev–Trinajstić information content (AvgIpc) is 3.01. The second kappa shape index (κ2) is 19.3. The molecular weight excluding hydrogens is 593 g/mol. The minimum atomic E-state index is -3.43. The summed E-state index contributed by atoms with van der Waals surface area (Å²) in [7, 11) is -0.0313. The van der Waals surface area contributed by atoms with Gasteiger partial charge in [-0.05, 0) is 52.2 Å². The quantitative estimate of drug-likeness (QED) is 0.0668. The van der Waals surface area contributed by atoms with E-state index in [2.05, 4.69) is 61.4 Å². The highest BCUT2D eigenvalue weighted by molar-refractivity contribution is 7.48. The molecule has 0 aliphatic carbocycles. The smallest absolute Gasteiger partial charge is 0.396 e. The van der Waals surface area contributed by atoms with Crippen molar-refractivity contribution in [3.05, 3.63) is 65.2 Å². The maximum Gasteiger partial charge on any atom is 0.474 e. The number of benzene rings is 2. The number of carbonyl (C=O) groups excluding carboxylic acids is 2. The van der Waals surface area contributed by atoms with E-state index in [1.165, 1.54) is 12.7 Å². The van der Waals surface area contributed by atoms with Crippen LogP contribution in [-0.2, 0) is 34.3 Å². The van der Waals surface area contributed by atoms with Crippen LogP contribution in [0.25, 0.3) is 11.4 Å². The maximum atomic E-state index is 11.9. The Labute approximate surface area is 268 Å². The average molecular weight is 646 g/mol. The van der Waals surface area contributed by atoms with E-state index in [4.69, 9.17) is 25.1 Å². The number of unbranched alkanes of at least 4 members (excludes halogenated alkanes) is 3. The lowest BCUT2D eigenvalue weighted by Gasteiger charge is -2.33. The Hall–Kier alpha value is -3.21. The summed E-state index contributed by atoms with van der Waals surface area (Å²) in [6.07, 6.45) is 4.45. The number of hydrogen-bond donors (Lipinski definition) is 3. The number of phosphoric ester groups is 1. The van der Waals surface area contributed by atoms with Crippen LogP contribution in [0.15, 0.2) is 48.5 Å². The van der Waals surface area contributed by atoms with Gasteiger partial charge in [-0.3, -0.25) is 18.4 Å². The molecule has 1 heterocycles. The number of hydrazine groups is 1. The van der Waals surface area contributed by atoms with E-state index in [1.54, 1.807) is 18.9 Å². The summed E-state index contributed by atoms with van der Waals surface area (Å²) in [5.74, 6) is 6.30. The molecule has 0 spiro atoms. The highest BCUT2D eigenvalue weighted by Gasteiger charge is 2.26. The third kappa shape index (κ3) is 12.2. The third-order valence-corrected chi connectivity index (χ3v) is 8.68. The van der Waals surface area contributed by atoms with Crippen LogP contribution in [0.4, 0.5) is 5.69 Å². The Morgan fingerprint density at radius 3 is 2.33 bits per heavy atom. The van der Waals surface area contributed by atoms with Crippen LogP contribution >= 0.6 is 7.82 Å². The molecule has 1 aliphatic heterocycles. The van der Waals surface area contributed by atoms with Crippen molar-refractivity contribution in [2.24, 2.45) is 11.6 Å². The van der Waals surface area contributed by atoms with Gasteiger partial charge in [0.15, 0.2) is 0 Å². The van der Waals surface area contributed by atoms with Gasteiger partial charge < -0.3 is 25.8 Å². The Morgan fingerprint density at radius 1 is 1.04 bits per heavy atom. The van der Waals surface area contributed by atoms with Crippen molar-refractivity contribution in [1.29, 1.82) is 0 Å². The predicted molar refractivity (Wildman–Crippen MR) is 181 cm³/mol. The summed E-state index contributed by atoms with van der Waals surface area (Å²) < 4.78 is 27.1. The number of nitrogens with zero attached hydrogens (tertiary/aromatic N) is 2. The molecule has 45 heavy (non-hydrogen) atoms. The van der Waals surface area contributed by atoms with E-state index in [-0.39, 0.29) is 30.9 Å². The predicted octanol–water partition coefficient (Wildman–Crippen LogP) is 5.84. The van der Waals surface area contributed by atoms with E-state index < -0.39 is 7.82 Å². The Kier molecular flexibility index (Phi) is 16.3. The van der Waals surface area contributed by atoms with Crippen molar-refractivity contribution in [1.82, 2.24) is 10.3 Å². The molecule has 11 nitrogen and oxygen atoms in total. The lowest BCUT2D eigenvalue weighted by molar-refractivity contribution is -0.122. The maximum absolute atomic E-state index is 11.9. The Morgan fingerprint density at radius 2 is 1.69 bits per heavy atom. The number of carbonyl (C=O) groups is 2. The van der Waals surface area contributed by atoms with E-state index in [1.807, 2.05) is 18.2 Å². The minimum absolute atomic E-state index is 0.0951. The van der Waals surface area contributed by atoms with Crippen LogP contribution in [0.5, 0.6) is 0 Å². The lowest BCUT2D eigenvalue weighted by Crippen LogP contribution is -2.38. The Balaban J connectivity index is 0.000000314. The first kappa shape index (κ1) is 38.0. The molecule has 0 bridgehead atoms. The molecular formula is C33H52N5O6P. The molecule has 0 saturated carbocycles. The number of hydrogen-bond acceptors (Lipinski definition) is 10. The topological polar surface area (TPSA) is 149 Å². The Bertz CT molecular complexity index is 1300. The number of fused-ring (bicyclic) bond motifs is 2. The first-order valence-electron chi connectivity index (χ1n) is 15.6. The number of rotatable bonds is 16.